The molecule has 0 radical (unpaired) electrons. The molecule has 2 atom stereocenters. The third-order valence-corrected chi connectivity index (χ3v) is 4.50. The van der Waals surface area contributed by atoms with Crippen molar-refractivity contribution in [2.75, 3.05) is 7.05 Å². The summed E-state index contributed by atoms with van der Waals surface area (Å²) < 4.78 is 0. The highest BCUT2D eigenvalue weighted by Gasteiger charge is 2.40. The molecule has 2 unspecified atom stereocenters. The van der Waals surface area contributed by atoms with E-state index >= 15 is 0 Å². The van der Waals surface area contributed by atoms with Gasteiger partial charge in [0.25, 0.3) is 0 Å². The third-order valence-electron chi connectivity index (χ3n) is 4.50. The summed E-state index contributed by atoms with van der Waals surface area (Å²) in [7, 11) is 2.32. The van der Waals surface area contributed by atoms with Gasteiger partial charge in [0.2, 0.25) is 0 Å². The van der Waals surface area contributed by atoms with Crippen molar-refractivity contribution in [2.24, 2.45) is 11.8 Å². The van der Waals surface area contributed by atoms with Crippen LogP contribution in [0.4, 0.5) is 0 Å². The van der Waals surface area contributed by atoms with Gasteiger partial charge in [-0.2, -0.15) is 0 Å². The van der Waals surface area contributed by atoms with Crippen LogP contribution in [-0.4, -0.2) is 23.5 Å². The summed E-state index contributed by atoms with van der Waals surface area (Å²) in [5.74, 6) is 1.55. The Hall–Kier alpha value is -0.0400. The summed E-state index contributed by atoms with van der Waals surface area (Å²) in [6, 6.07) is 0.788. The molecule has 1 saturated heterocycles. The molecule has 0 aromatic rings. The summed E-state index contributed by atoms with van der Waals surface area (Å²) >= 11 is 0. The normalized spacial score (nSPS) is 35.6. The Kier molecular flexibility index (Phi) is 3.63. The third kappa shape index (κ3) is 1.98. The van der Waals surface area contributed by atoms with Gasteiger partial charge in [0, 0.05) is 11.6 Å². The van der Waals surface area contributed by atoms with Crippen LogP contribution in [0.1, 0.15) is 53.9 Å². The molecule has 84 valence electrons. The van der Waals surface area contributed by atoms with Crippen molar-refractivity contribution in [3.8, 4) is 0 Å². The minimum Gasteiger partial charge on any atom is -0.298 e. The predicted octanol–water partition coefficient (Wildman–Crippen LogP) is 3.54. The Morgan fingerprint density at radius 3 is 2.21 bits per heavy atom. The lowest BCUT2D eigenvalue weighted by molar-refractivity contribution is -0.0145. The molecular formula is C13H27N. The number of rotatable bonds is 2. The molecular weight excluding hydrogens is 170 g/mol. The second kappa shape index (κ2) is 4.22. The Morgan fingerprint density at radius 2 is 1.79 bits per heavy atom. The second-order valence-electron chi connectivity index (χ2n) is 5.83. The topological polar surface area (TPSA) is 3.24 Å². The van der Waals surface area contributed by atoms with Crippen LogP contribution < -0.4 is 0 Å². The Labute approximate surface area is 89.9 Å². The van der Waals surface area contributed by atoms with Gasteiger partial charge in [0.1, 0.15) is 0 Å². The van der Waals surface area contributed by atoms with E-state index in [9.17, 15) is 0 Å². The highest BCUT2D eigenvalue weighted by Crippen LogP contribution is 2.38. The van der Waals surface area contributed by atoms with E-state index in [1.54, 1.807) is 0 Å². The summed E-state index contributed by atoms with van der Waals surface area (Å²) in [6.07, 6.45) is 4.16. The van der Waals surface area contributed by atoms with Crippen molar-refractivity contribution in [3.63, 3.8) is 0 Å². The van der Waals surface area contributed by atoms with Gasteiger partial charge in [-0.1, -0.05) is 34.1 Å². The summed E-state index contributed by atoms with van der Waals surface area (Å²) in [6.45, 7) is 11.9. The van der Waals surface area contributed by atoms with Gasteiger partial charge in [0.05, 0.1) is 0 Å². The Bertz CT molecular complexity index is 186. The zero-order valence-corrected chi connectivity index (χ0v) is 10.8. The molecule has 0 spiro atoms. The van der Waals surface area contributed by atoms with Crippen LogP contribution in [0.3, 0.4) is 0 Å². The van der Waals surface area contributed by atoms with E-state index in [1.165, 1.54) is 19.3 Å². The van der Waals surface area contributed by atoms with E-state index < -0.39 is 0 Å². The van der Waals surface area contributed by atoms with E-state index in [4.69, 9.17) is 0 Å². The molecule has 0 saturated carbocycles. The first-order valence-electron chi connectivity index (χ1n) is 6.12. The average Bonchev–Trinajstić information content (AvgIpc) is 2.09. The summed E-state index contributed by atoms with van der Waals surface area (Å²) in [4.78, 5) is 2.64. The largest absolute Gasteiger partial charge is 0.298 e. The number of hydrogen-bond acceptors (Lipinski definition) is 1. The van der Waals surface area contributed by atoms with Crippen LogP contribution in [0.5, 0.6) is 0 Å². The lowest BCUT2D eigenvalue weighted by atomic mass is 9.75. The van der Waals surface area contributed by atoms with Crippen LogP contribution in [0.25, 0.3) is 0 Å². The van der Waals surface area contributed by atoms with Crippen molar-refractivity contribution in [1.82, 2.24) is 4.90 Å². The fraction of sp³-hybridized carbons (Fsp3) is 1.00. The van der Waals surface area contributed by atoms with Crippen molar-refractivity contribution >= 4 is 0 Å². The van der Waals surface area contributed by atoms with E-state index in [-0.39, 0.29) is 0 Å². The first kappa shape index (κ1) is 12.0. The highest BCUT2D eigenvalue weighted by atomic mass is 15.2. The van der Waals surface area contributed by atoms with Gasteiger partial charge in [-0.3, -0.25) is 4.90 Å². The van der Waals surface area contributed by atoms with Gasteiger partial charge >= 0.3 is 0 Å². The molecule has 0 bridgehead atoms. The van der Waals surface area contributed by atoms with E-state index in [2.05, 4.69) is 46.6 Å². The van der Waals surface area contributed by atoms with Gasteiger partial charge in [-0.05, 0) is 38.6 Å². The number of nitrogens with zero attached hydrogens (tertiary/aromatic N) is 1. The summed E-state index contributed by atoms with van der Waals surface area (Å²) in [5, 5.41) is 0. The SMILES string of the molecule is CC(C)C1CCCC(C)(C(C)C)N1C. The summed E-state index contributed by atoms with van der Waals surface area (Å²) in [5.41, 5.74) is 0.424. The second-order valence-corrected chi connectivity index (χ2v) is 5.83. The molecule has 1 aliphatic heterocycles. The van der Waals surface area contributed by atoms with Crippen molar-refractivity contribution in [2.45, 2.75) is 65.5 Å². The van der Waals surface area contributed by atoms with Crippen LogP contribution in [0.15, 0.2) is 0 Å². The molecule has 0 aromatic heterocycles. The minimum atomic E-state index is 0.424. The molecule has 1 rings (SSSR count). The molecule has 0 aliphatic carbocycles. The van der Waals surface area contributed by atoms with Crippen LogP contribution in [0, 0.1) is 11.8 Å². The maximum Gasteiger partial charge on any atom is 0.0204 e. The Morgan fingerprint density at radius 1 is 1.21 bits per heavy atom. The quantitative estimate of drug-likeness (QED) is 0.654. The number of hydrogen-bond donors (Lipinski definition) is 0. The number of piperidine rings is 1. The maximum atomic E-state index is 2.64. The lowest BCUT2D eigenvalue weighted by Crippen LogP contribution is -2.57. The number of likely N-dealkylation sites (tertiary alicyclic amines) is 1. The van der Waals surface area contributed by atoms with E-state index in [0.717, 1.165) is 17.9 Å². The zero-order chi connectivity index (χ0) is 10.9. The fourth-order valence-electron chi connectivity index (χ4n) is 2.89. The molecule has 1 nitrogen and oxygen atoms in total. The van der Waals surface area contributed by atoms with Gasteiger partial charge in [-0.15, -0.1) is 0 Å². The van der Waals surface area contributed by atoms with Crippen molar-refractivity contribution in [1.29, 1.82) is 0 Å². The standard InChI is InChI=1S/C13H27N/c1-10(2)12-8-7-9-13(5,11(3)4)14(12)6/h10-12H,7-9H2,1-6H3. The van der Waals surface area contributed by atoms with Crippen molar-refractivity contribution in [3.05, 3.63) is 0 Å². The van der Waals surface area contributed by atoms with Crippen LogP contribution >= 0.6 is 0 Å². The first-order valence-corrected chi connectivity index (χ1v) is 6.12. The maximum absolute atomic E-state index is 2.64. The Balaban J connectivity index is 2.80. The van der Waals surface area contributed by atoms with E-state index in [0.29, 0.717) is 5.54 Å². The molecule has 0 amide bonds. The van der Waals surface area contributed by atoms with Crippen LogP contribution in [0.2, 0.25) is 0 Å². The monoisotopic (exact) mass is 197 g/mol. The molecule has 0 N–H and O–H groups in total. The fourth-order valence-corrected chi connectivity index (χ4v) is 2.89. The highest BCUT2D eigenvalue weighted by molar-refractivity contribution is 4.95. The molecule has 14 heavy (non-hydrogen) atoms. The van der Waals surface area contributed by atoms with Crippen LogP contribution in [-0.2, 0) is 0 Å². The van der Waals surface area contributed by atoms with E-state index in [1.807, 2.05) is 0 Å². The first-order chi connectivity index (χ1) is 6.39. The van der Waals surface area contributed by atoms with Gasteiger partial charge < -0.3 is 0 Å². The zero-order valence-electron chi connectivity index (χ0n) is 10.8. The molecule has 1 fully saturated rings. The smallest absolute Gasteiger partial charge is 0.0204 e. The average molecular weight is 197 g/mol. The predicted molar refractivity (Wildman–Crippen MR) is 63.5 cm³/mol. The van der Waals surface area contributed by atoms with Gasteiger partial charge in [-0.25, -0.2) is 0 Å². The molecule has 1 aliphatic rings. The van der Waals surface area contributed by atoms with Gasteiger partial charge in [0.15, 0.2) is 0 Å². The van der Waals surface area contributed by atoms with Crippen molar-refractivity contribution < 1.29 is 0 Å². The lowest BCUT2D eigenvalue weighted by Gasteiger charge is -2.51. The molecule has 1 heteroatoms. The molecule has 1 heterocycles. The minimum absolute atomic E-state index is 0.424. The molecule has 0 aromatic carbocycles.